The second-order valence-corrected chi connectivity index (χ2v) is 4.56. The summed E-state index contributed by atoms with van der Waals surface area (Å²) in [6, 6.07) is 1.99. The van der Waals surface area contributed by atoms with Crippen molar-refractivity contribution in [2.24, 2.45) is 0 Å². The number of aromatic nitrogens is 2. The average Bonchev–Trinajstić information content (AvgIpc) is 2.78. The minimum Gasteiger partial charge on any atom is -0.469 e. The van der Waals surface area contributed by atoms with E-state index in [4.69, 9.17) is 4.42 Å². The summed E-state index contributed by atoms with van der Waals surface area (Å²) in [5.74, 6) is 2.78. The first-order valence-corrected chi connectivity index (χ1v) is 6.43. The van der Waals surface area contributed by atoms with E-state index in [-0.39, 0.29) is 0 Å². The van der Waals surface area contributed by atoms with Crippen molar-refractivity contribution in [2.75, 3.05) is 23.8 Å². The van der Waals surface area contributed by atoms with E-state index in [2.05, 4.69) is 27.1 Å². The molecule has 19 heavy (non-hydrogen) atoms. The zero-order valence-electron chi connectivity index (χ0n) is 11.9. The summed E-state index contributed by atoms with van der Waals surface area (Å²) in [6.07, 6.45) is 3.31. The van der Waals surface area contributed by atoms with Crippen molar-refractivity contribution < 1.29 is 4.42 Å². The third-order valence-corrected chi connectivity index (χ3v) is 3.14. The highest BCUT2D eigenvalue weighted by molar-refractivity contribution is 5.57. The first-order chi connectivity index (χ1) is 9.13. The zero-order valence-corrected chi connectivity index (χ0v) is 11.9. The van der Waals surface area contributed by atoms with E-state index < -0.39 is 0 Å². The van der Waals surface area contributed by atoms with Gasteiger partial charge in [-0.25, -0.2) is 9.97 Å². The summed E-state index contributed by atoms with van der Waals surface area (Å²) >= 11 is 0. The molecular weight excluding hydrogens is 240 g/mol. The van der Waals surface area contributed by atoms with Gasteiger partial charge in [-0.15, -0.1) is 0 Å². The van der Waals surface area contributed by atoms with Crippen LogP contribution in [-0.4, -0.2) is 23.6 Å². The standard InChI is InChI=1S/C14H20N4O/c1-5-15-13-10(2)14(17-9-16-13)18(4)8-12-6-7-19-11(12)3/h6-7,9H,5,8H2,1-4H3,(H,15,16,17). The van der Waals surface area contributed by atoms with Gasteiger partial charge < -0.3 is 14.6 Å². The van der Waals surface area contributed by atoms with Crippen LogP contribution in [0, 0.1) is 13.8 Å². The Hall–Kier alpha value is -2.04. The number of nitrogens with one attached hydrogen (secondary N) is 1. The molecule has 2 aromatic heterocycles. The van der Waals surface area contributed by atoms with E-state index >= 15 is 0 Å². The van der Waals surface area contributed by atoms with Gasteiger partial charge >= 0.3 is 0 Å². The lowest BCUT2D eigenvalue weighted by Gasteiger charge is -2.21. The number of furan rings is 1. The molecule has 102 valence electrons. The van der Waals surface area contributed by atoms with Gasteiger partial charge in [0.2, 0.25) is 0 Å². The van der Waals surface area contributed by atoms with Crippen molar-refractivity contribution in [1.82, 2.24) is 9.97 Å². The Bertz CT molecular complexity index is 550. The smallest absolute Gasteiger partial charge is 0.137 e. The van der Waals surface area contributed by atoms with Crippen LogP contribution in [0.15, 0.2) is 23.1 Å². The van der Waals surface area contributed by atoms with E-state index in [0.29, 0.717) is 0 Å². The summed E-state index contributed by atoms with van der Waals surface area (Å²) in [5.41, 5.74) is 2.23. The third kappa shape index (κ3) is 2.86. The first-order valence-electron chi connectivity index (χ1n) is 6.43. The van der Waals surface area contributed by atoms with Crippen molar-refractivity contribution in [3.63, 3.8) is 0 Å². The van der Waals surface area contributed by atoms with Crippen molar-refractivity contribution in [1.29, 1.82) is 0 Å². The molecule has 0 aliphatic rings. The Kier molecular flexibility index (Phi) is 4.04. The second kappa shape index (κ2) is 5.73. The Morgan fingerprint density at radius 1 is 1.32 bits per heavy atom. The van der Waals surface area contributed by atoms with E-state index in [1.807, 2.05) is 27.0 Å². The van der Waals surface area contributed by atoms with Crippen LogP contribution in [0.3, 0.4) is 0 Å². The molecule has 0 spiro atoms. The van der Waals surface area contributed by atoms with Crippen LogP contribution in [0.5, 0.6) is 0 Å². The molecule has 1 N–H and O–H groups in total. The van der Waals surface area contributed by atoms with Gasteiger partial charge in [-0.3, -0.25) is 0 Å². The number of hydrogen-bond acceptors (Lipinski definition) is 5. The van der Waals surface area contributed by atoms with Crippen molar-refractivity contribution in [2.45, 2.75) is 27.3 Å². The van der Waals surface area contributed by atoms with Crippen LogP contribution in [0.25, 0.3) is 0 Å². The third-order valence-electron chi connectivity index (χ3n) is 3.14. The van der Waals surface area contributed by atoms with Gasteiger partial charge in [0.15, 0.2) is 0 Å². The van der Waals surface area contributed by atoms with Gasteiger partial charge in [0.05, 0.1) is 6.26 Å². The minimum atomic E-state index is 0.770. The fraction of sp³-hybridized carbons (Fsp3) is 0.429. The van der Waals surface area contributed by atoms with Crippen molar-refractivity contribution in [3.8, 4) is 0 Å². The normalized spacial score (nSPS) is 10.5. The van der Waals surface area contributed by atoms with Crippen LogP contribution in [-0.2, 0) is 6.54 Å². The SMILES string of the molecule is CCNc1ncnc(N(C)Cc2ccoc2C)c1C. The molecule has 5 nitrogen and oxygen atoms in total. The van der Waals surface area contributed by atoms with Gasteiger partial charge in [0.25, 0.3) is 0 Å². The highest BCUT2D eigenvalue weighted by Gasteiger charge is 2.12. The number of aryl methyl sites for hydroxylation is 1. The van der Waals surface area contributed by atoms with Gasteiger partial charge in [0.1, 0.15) is 23.7 Å². The predicted octanol–water partition coefficient (Wildman–Crippen LogP) is 2.75. The molecule has 0 saturated heterocycles. The Labute approximate surface area is 113 Å². The van der Waals surface area contributed by atoms with Crippen molar-refractivity contribution in [3.05, 3.63) is 35.5 Å². The molecular formula is C14H20N4O. The van der Waals surface area contributed by atoms with E-state index in [0.717, 1.165) is 36.0 Å². The van der Waals surface area contributed by atoms with Crippen LogP contribution in [0.4, 0.5) is 11.6 Å². The molecule has 0 amide bonds. The van der Waals surface area contributed by atoms with Gasteiger partial charge in [-0.05, 0) is 26.8 Å². The van der Waals surface area contributed by atoms with Gasteiger partial charge in [-0.2, -0.15) is 0 Å². The quantitative estimate of drug-likeness (QED) is 0.895. The molecule has 2 aromatic rings. The van der Waals surface area contributed by atoms with E-state index in [9.17, 15) is 0 Å². The molecule has 0 radical (unpaired) electrons. The zero-order chi connectivity index (χ0) is 13.8. The lowest BCUT2D eigenvalue weighted by atomic mass is 10.2. The maximum absolute atomic E-state index is 5.32. The molecule has 0 unspecified atom stereocenters. The Morgan fingerprint density at radius 3 is 2.74 bits per heavy atom. The van der Waals surface area contributed by atoms with Crippen LogP contribution in [0.2, 0.25) is 0 Å². The van der Waals surface area contributed by atoms with E-state index in [1.165, 1.54) is 5.56 Å². The lowest BCUT2D eigenvalue weighted by Crippen LogP contribution is -2.20. The summed E-state index contributed by atoms with van der Waals surface area (Å²) in [6.45, 7) is 7.68. The predicted molar refractivity (Wildman–Crippen MR) is 76.5 cm³/mol. The van der Waals surface area contributed by atoms with Crippen LogP contribution >= 0.6 is 0 Å². The average molecular weight is 260 g/mol. The lowest BCUT2D eigenvalue weighted by molar-refractivity contribution is 0.529. The Balaban J connectivity index is 2.21. The largest absolute Gasteiger partial charge is 0.469 e. The Morgan fingerprint density at radius 2 is 2.11 bits per heavy atom. The monoisotopic (exact) mass is 260 g/mol. The number of nitrogens with zero attached hydrogens (tertiary/aromatic N) is 3. The van der Waals surface area contributed by atoms with Gasteiger partial charge in [-0.1, -0.05) is 0 Å². The number of rotatable bonds is 5. The maximum atomic E-state index is 5.32. The molecule has 0 aromatic carbocycles. The molecule has 0 bridgehead atoms. The molecule has 0 atom stereocenters. The van der Waals surface area contributed by atoms with Gasteiger partial charge in [0, 0.05) is 31.3 Å². The fourth-order valence-corrected chi connectivity index (χ4v) is 2.08. The summed E-state index contributed by atoms with van der Waals surface area (Å²) in [5, 5.41) is 3.25. The van der Waals surface area contributed by atoms with Crippen LogP contribution < -0.4 is 10.2 Å². The second-order valence-electron chi connectivity index (χ2n) is 4.56. The molecule has 0 fully saturated rings. The van der Waals surface area contributed by atoms with Crippen molar-refractivity contribution >= 4 is 11.6 Å². The molecule has 2 rings (SSSR count). The number of hydrogen-bond donors (Lipinski definition) is 1. The maximum Gasteiger partial charge on any atom is 0.137 e. The molecule has 2 heterocycles. The van der Waals surface area contributed by atoms with E-state index in [1.54, 1.807) is 12.6 Å². The number of anilines is 2. The molecule has 5 heteroatoms. The topological polar surface area (TPSA) is 54.2 Å². The summed E-state index contributed by atoms with van der Waals surface area (Å²) in [7, 11) is 2.03. The fourth-order valence-electron chi connectivity index (χ4n) is 2.08. The molecule has 0 aliphatic heterocycles. The van der Waals surface area contributed by atoms with Crippen LogP contribution in [0.1, 0.15) is 23.8 Å². The molecule has 0 aliphatic carbocycles. The summed E-state index contributed by atoms with van der Waals surface area (Å²) in [4.78, 5) is 10.7. The summed E-state index contributed by atoms with van der Waals surface area (Å²) < 4.78 is 5.32. The molecule has 0 saturated carbocycles. The first kappa shape index (κ1) is 13.4. The highest BCUT2D eigenvalue weighted by Crippen LogP contribution is 2.23. The highest BCUT2D eigenvalue weighted by atomic mass is 16.3. The minimum absolute atomic E-state index is 0.770.